The molecule has 23 heavy (non-hydrogen) atoms. The van der Waals surface area contributed by atoms with Crippen molar-refractivity contribution in [2.45, 2.75) is 13.0 Å². The van der Waals surface area contributed by atoms with E-state index in [0.29, 0.717) is 36.4 Å². The van der Waals surface area contributed by atoms with E-state index < -0.39 is 5.82 Å². The van der Waals surface area contributed by atoms with E-state index in [1.807, 2.05) is 11.9 Å². The largest absolute Gasteiger partial charge is 0.338 e. The van der Waals surface area contributed by atoms with Gasteiger partial charge in [0.1, 0.15) is 11.9 Å². The van der Waals surface area contributed by atoms with E-state index in [0.717, 1.165) is 0 Å². The average molecular weight is 339 g/mol. The first kappa shape index (κ1) is 15.9. The van der Waals surface area contributed by atoms with Gasteiger partial charge < -0.3 is 9.42 Å². The fraction of sp³-hybridized carbons (Fsp3) is 0.400. The number of hydrogen-bond acceptors (Lipinski definition) is 5. The summed E-state index contributed by atoms with van der Waals surface area (Å²) in [4.78, 5) is 20.4. The molecule has 1 aromatic carbocycles. The van der Waals surface area contributed by atoms with E-state index >= 15 is 0 Å². The molecule has 6 nitrogen and oxygen atoms in total. The minimum atomic E-state index is -0.580. The second kappa shape index (κ2) is 6.25. The normalized spacial score (nSPS) is 19.1. The summed E-state index contributed by atoms with van der Waals surface area (Å²) < 4.78 is 19.1. The molecule has 0 aliphatic carbocycles. The number of nitrogens with zero attached hydrogens (tertiary/aromatic N) is 4. The number of carbonyl (C=O) groups is 1. The summed E-state index contributed by atoms with van der Waals surface area (Å²) in [6.07, 6.45) is 0. The van der Waals surface area contributed by atoms with E-state index in [9.17, 15) is 9.18 Å². The molecule has 2 heterocycles. The van der Waals surface area contributed by atoms with Crippen molar-refractivity contribution in [1.29, 1.82) is 0 Å². The third-order valence-electron chi connectivity index (χ3n) is 3.92. The van der Waals surface area contributed by atoms with Crippen molar-refractivity contribution in [2.24, 2.45) is 0 Å². The van der Waals surface area contributed by atoms with E-state index in [4.69, 9.17) is 16.1 Å². The number of carbonyl (C=O) groups excluding carboxylic acids is 1. The molecule has 1 unspecified atom stereocenters. The van der Waals surface area contributed by atoms with Crippen molar-refractivity contribution >= 4 is 17.5 Å². The smallest absolute Gasteiger partial charge is 0.256 e. The number of piperazine rings is 1. The number of halogens is 2. The van der Waals surface area contributed by atoms with Crippen LogP contribution in [0.1, 0.15) is 28.1 Å². The zero-order valence-electron chi connectivity index (χ0n) is 12.8. The van der Waals surface area contributed by atoms with Crippen LogP contribution in [0.4, 0.5) is 4.39 Å². The van der Waals surface area contributed by atoms with E-state index in [2.05, 4.69) is 10.1 Å². The van der Waals surface area contributed by atoms with Gasteiger partial charge in [0.2, 0.25) is 5.89 Å². The Labute approximate surface area is 137 Å². The van der Waals surface area contributed by atoms with Crippen LogP contribution in [0.25, 0.3) is 0 Å². The summed E-state index contributed by atoms with van der Waals surface area (Å²) in [7, 11) is 1.92. The van der Waals surface area contributed by atoms with Gasteiger partial charge in [-0.3, -0.25) is 9.69 Å². The number of likely N-dealkylation sites (N-methyl/N-ethyl adjacent to an activating group) is 1. The molecule has 8 heteroatoms. The molecule has 2 aromatic rings. The summed E-state index contributed by atoms with van der Waals surface area (Å²) in [6, 6.07) is 3.76. The van der Waals surface area contributed by atoms with Gasteiger partial charge in [0.25, 0.3) is 5.91 Å². The number of benzene rings is 1. The molecule has 122 valence electrons. The molecule has 1 aliphatic rings. The molecule has 0 spiro atoms. The molecule has 1 aliphatic heterocycles. The van der Waals surface area contributed by atoms with Gasteiger partial charge >= 0.3 is 0 Å². The molecule has 1 atom stereocenters. The number of amides is 1. The molecule has 1 saturated heterocycles. The van der Waals surface area contributed by atoms with Crippen LogP contribution in [0.15, 0.2) is 22.7 Å². The summed E-state index contributed by atoms with van der Waals surface area (Å²) in [5.74, 6) is 0.0228. The molecule has 1 aromatic heterocycles. The highest BCUT2D eigenvalue weighted by molar-refractivity contribution is 6.31. The average Bonchev–Trinajstić information content (AvgIpc) is 2.96. The second-order valence-electron chi connectivity index (χ2n) is 5.55. The number of aryl methyl sites for hydroxylation is 1. The topological polar surface area (TPSA) is 62.5 Å². The lowest BCUT2D eigenvalue weighted by Gasteiger charge is -2.37. The predicted molar refractivity (Wildman–Crippen MR) is 81.7 cm³/mol. The molecule has 0 radical (unpaired) electrons. The van der Waals surface area contributed by atoms with Crippen molar-refractivity contribution in [3.63, 3.8) is 0 Å². The highest BCUT2D eigenvalue weighted by atomic mass is 35.5. The SMILES string of the molecule is Cc1noc(C2CN(C(=O)c3cc(Cl)ccc3F)CCN2C)n1. The van der Waals surface area contributed by atoms with Crippen LogP contribution in [-0.4, -0.2) is 52.5 Å². The van der Waals surface area contributed by atoms with Crippen LogP contribution in [-0.2, 0) is 0 Å². The van der Waals surface area contributed by atoms with Crippen LogP contribution in [0.3, 0.4) is 0 Å². The van der Waals surface area contributed by atoms with Gasteiger partial charge in [-0.1, -0.05) is 16.8 Å². The van der Waals surface area contributed by atoms with Gasteiger partial charge in [-0.25, -0.2) is 4.39 Å². The maximum absolute atomic E-state index is 13.9. The molecule has 1 amide bonds. The monoisotopic (exact) mass is 338 g/mol. The zero-order valence-corrected chi connectivity index (χ0v) is 13.5. The lowest BCUT2D eigenvalue weighted by atomic mass is 10.1. The van der Waals surface area contributed by atoms with Crippen molar-refractivity contribution in [3.8, 4) is 0 Å². The Balaban J connectivity index is 1.83. The van der Waals surface area contributed by atoms with E-state index in [1.165, 1.54) is 18.2 Å². The molecule has 0 saturated carbocycles. The molecule has 3 rings (SSSR count). The Bertz CT molecular complexity index is 736. The number of aromatic nitrogens is 2. The third-order valence-corrected chi connectivity index (χ3v) is 4.16. The van der Waals surface area contributed by atoms with Gasteiger partial charge in [-0.15, -0.1) is 0 Å². The van der Waals surface area contributed by atoms with Gasteiger partial charge in [0.05, 0.1) is 5.56 Å². The Morgan fingerprint density at radius 1 is 1.43 bits per heavy atom. The standard InChI is InChI=1S/C15H16ClFN4O2/c1-9-18-14(23-19-9)13-8-21(6-5-20(13)2)15(22)11-7-10(16)3-4-12(11)17/h3-4,7,13H,5-6,8H2,1-2H3. The molecule has 0 N–H and O–H groups in total. The second-order valence-corrected chi connectivity index (χ2v) is 5.99. The Hall–Kier alpha value is -1.99. The van der Waals surface area contributed by atoms with Crippen LogP contribution < -0.4 is 0 Å². The fourth-order valence-corrected chi connectivity index (χ4v) is 2.78. The fourth-order valence-electron chi connectivity index (χ4n) is 2.60. The van der Waals surface area contributed by atoms with E-state index in [1.54, 1.807) is 11.8 Å². The first-order chi connectivity index (χ1) is 11.0. The lowest BCUT2D eigenvalue weighted by Crippen LogP contribution is -2.49. The maximum atomic E-state index is 13.9. The summed E-state index contributed by atoms with van der Waals surface area (Å²) >= 11 is 5.87. The Morgan fingerprint density at radius 3 is 2.91 bits per heavy atom. The van der Waals surface area contributed by atoms with Crippen LogP contribution >= 0.6 is 11.6 Å². The minimum Gasteiger partial charge on any atom is -0.338 e. The molecule has 0 bridgehead atoms. The van der Waals surface area contributed by atoms with Crippen molar-refractivity contribution < 1.29 is 13.7 Å². The van der Waals surface area contributed by atoms with Crippen LogP contribution in [0.2, 0.25) is 5.02 Å². The first-order valence-electron chi connectivity index (χ1n) is 7.20. The quantitative estimate of drug-likeness (QED) is 0.840. The Morgan fingerprint density at radius 2 is 2.22 bits per heavy atom. The number of hydrogen-bond donors (Lipinski definition) is 0. The van der Waals surface area contributed by atoms with Crippen LogP contribution in [0.5, 0.6) is 0 Å². The van der Waals surface area contributed by atoms with Crippen molar-refractivity contribution in [1.82, 2.24) is 19.9 Å². The first-order valence-corrected chi connectivity index (χ1v) is 7.58. The highest BCUT2D eigenvalue weighted by Crippen LogP contribution is 2.25. The van der Waals surface area contributed by atoms with E-state index in [-0.39, 0.29) is 17.5 Å². The van der Waals surface area contributed by atoms with Gasteiger partial charge in [-0.2, -0.15) is 4.98 Å². The summed E-state index contributed by atoms with van der Waals surface area (Å²) in [5.41, 5.74) is -0.0255. The molecular weight excluding hydrogens is 323 g/mol. The van der Waals surface area contributed by atoms with Gasteiger partial charge in [0, 0.05) is 24.7 Å². The molecular formula is C15H16ClFN4O2. The van der Waals surface area contributed by atoms with Crippen molar-refractivity contribution in [3.05, 3.63) is 46.3 Å². The summed E-state index contributed by atoms with van der Waals surface area (Å²) in [5, 5.41) is 4.11. The van der Waals surface area contributed by atoms with Crippen LogP contribution in [0, 0.1) is 12.7 Å². The summed E-state index contributed by atoms with van der Waals surface area (Å²) in [6.45, 7) is 3.20. The maximum Gasteiger partial charge on any atom is 0.256 e. The third kappa shape index (κ3) is 3.20. The van der Waals surface area contributed by atoms with Crippen molar-refractivity contribution in [2.75, 3.05) is 26.7 Å². The van der Waals surface area contributed by atoms with Gasteiger partial charge in [0.15, 0.2) is 5.82 Å². The molecule has 1 fully saturated rings. The predicted octanol–water partition coefficient (Wildman–Crippen LogP) is 2.30. The van der Waals surface area contributed by atoms with Gasteiger partial charge in [-0.05, 0) is 32.2 Å². The Kier molecular flexibility index (Phi) is 4.32. The zero-order chi connectivity index (χ0) is 16.6. The minimum absolute atomic E-state index is 0.0255. The number of rotatable bonds is 2. The lowest BCUT2D eigenvalue weighted by molar-refractivity contribution is 0.0485. The highest BCUT2D eigenvalue weighted by Gasteiger charge is 2.33.